The standard InChI is InChI=1S/C19H14Cl2N2O3/c1-10-5-11(2)7-13(6-10)23-18(25)14(17(24)22-19(23)26)8-12-3-4-15(20)16(21)9-12/h3-9H,1-2H3,(H,22,24,26)/b14-8+. The fraction of sp³-hybridized carbons (Fsp3) is 0.105. The minimum absolute atomic E-state index is 0.165. The Morgan fingerprint density at radius 2 is 1.58 bits per heavy atom. The normalized spacial score (nSPS) is 16.2. The first-order valence-electron chi connectivity index (χ1n) is 7.71. The van der Waals surface area contributed by atoms with E-state index in [-0.39, 0.29) is 5.57 Å². The Morgan fingerprint density at radius 1 is 0.923 bits per heavy atom. The second-order valence-electron chi connectivity index (χ2n) is 5.98. The third-order valence-electron chi connectivity index (χ3n) is 3.82. The van der Waals surface area contributed by atoms with Crippen molar-refractivity contribution in [1.82, 2.24) is 5.32 Å². The molecule has 0 saturated carbocycles. The lowest BCUT2D eigenvalue weighted by atomic mass is 10.1. The zero-order valence-corrected chi connectivity index (χ0v) is 15.5. The molecule has 0 aliphatic carbocycles. The fourth-order valence-electron chi connectivity index (χ4n) is 2.74. The van der Waals surface area contributed by atoms with Crippen LogP contribution in [-0.2, 0) is 9.59 Å². The van der Waals surface area contributed by atoms with E-state index in [4.69, 9.17) is 23.2 Å². The van der Waals surface area contributed by atoms with Crippen molar-refractivity contribution >= 4 is 52.8 Å². The molecule has 2 aromatic rings. The SMILES string of the molecule is Cc1cc(C)cc(N2C(=O)NC(=O)/C(=C\c3ccc(Cl)c(Cl)c3)C2=O)c1. The minimum atomic E-state index is -0.781. The number of carbonyl (C=O) groups is 3. The van der Waals surface area contributed by atoms with E-state index in [1.54, 1.807) is 24.3 Å². The molecular weight excluding hydrogens is 375 g/mol. The van der Waals surface area contributed by atoms with Gasteiger partial charge in [0.25, 0.3) is 11.8 Å². The van der Waals surface area contributed by atoms with Crippen molar-refractivity contribution in [3.63, 3.8) is 0 Å². The average molecular weight is 389 g/mol. The van der Waals surface area contributed by atoms with Crippen LogP contribution in [0, 0.1) is 13.8 Å². The van der Waals surface area contributed by atoms with E-state index in [1.807, 2.05) is 19.9 Å². The number of halogens is 2. The van der Waals surface area contributed by atoms with Crippen molar-refractivity contribution in [2.45, 2.75) is 13.8 Å². The van der Waals surface area contributed by atoms with Crippen molar-refractivity contribution in [2.24, 2.45) is 0 Å². The van der Waals surface area contributed by atoms with E-state index in [1.165, 1.54) is 12.1 Å². The van der Waals surface area contributed by atoms with Crippen LogP contribution < -0.4 is 10.2 Å². The van der Waals surface area contributed by atoms with Gasteiger partial charge in [-0.2, -0.15) is 0 Å². The highest BCUT2D eigenvalue weighted by Crippen LogP contribution is 2.26. The summed E-state index contributed by atoms with van der Waals surface area (Å²) in [5, 5.41) is 2.85. The Bertz CT molecular complexity index is 962. The Balaban J connectivity index is 2.05. The molecule has 0 spiro atoms. The number of carbonyl (C=O) groups excluding carboxylic acids is 3. The predicted molar refractivity (Wildman–Crippen MR) is 101 cm³/mol. The van der Waals surface area contributed by atoms with Gasteiger partial charge in [0.15, 0.2) is 0 Å². The van der Waals surface area contributed by atoms with Crippen LogP contribution in [0.25, 0.3) is 6.08 Å². The molecule has 1 aliphatic rings. The molecule has 26 heavy (non-hydrogen) atoms. The molecule has 1 saturated heterocycles. The van der Waals surface area contributed by atoms with Crippen molar-refractivity contribution in [3.8, 4) is 0 Å². The molecule has 3 rings (SSSR count). The molecule has 1 N–H and O–H groups in total. The largest absolute Gasteiger partial charge is 0.335 e. The molecule has 132 valence electrons. The molecular formula is C19H14Cl2N2O3. The molecule has 5 nitrogen and oxygen atoms in total. The number of urea groups is 1. The molecule has 0 aromatic heterocycles. The van der Waals surface area contributed by atoms with Gasteiger partial charge >= 0.3 is 6.03 Å². The second-order valence-corrected chi connectivity index (χ2v) is 6.79. The lowest BCUT2D eigenvalue weighted by molar-refractivity contribution is -0.122. The van der Waals surface area contributed by atoms with Crippen LogP contribution in [0.4, 0.5) is 10.5 Å². The highest BCUT2D eigenvalue weighted by molar-refractivity contribution is 6.42. The first kappa shape index (κ1) is 18.2. The number of hydrogen-bond donors (Lipinski definition) is 1. The average Bonchev–Trinajstić information content (AvgIpc) is 2.53. The lowest BCUT2D eigenvalue weighted by Crippen LogP contribution is -2.54. The zero-order chi connectivity index (χ0) is 19.0. The third-order valence-corrected chi connectivity index (χ3v) is 4.56. The van der Waals surface area contributed by atoms with Crippen LogP contribution in [0.3, 0.4) is 0 Å². The third kappa shape index (κ3) is 3.49. The Hall–Kier alpha value is -2.63. The van der Waals surface area contributed by atoms with Crippen molar-refractivity contribution in [1.29, 1.82) is 0 Å². The Kier molecular flexibility index (Phi) is 4.85. The van der Waals surface area contributed by atoms with Gasteiger partial charge in [0.05, 0.1) is 15.7 Å². The molecule has 0 atom stereocenters. The van der Waals surface area contributed by atoms with Gasteiger partial charge in [-0.1, -0.05) is 35.3 Å². The van der Waals surface area contributed by atoms with Gasteiger partial charge in [-0.15, -0.1) is 0 Å². The maximum absolute atomic E-state index is 12.8. The number of barbiturate groups is 1. The lowest BCUT2D eigenvalue weighted by Gasteiger charge is -2.27. The topological polar surface area (TPSA) is 66.5 Å². The van der Waals surface area contributed by atoms with Gasteiger partial charge in [-0.25, -0.2) is 9.69 Å². The first-order valence-corrected chi connectivity index (χ1v) is 8.46. The number of anilines is 1. The number of nitrogens with zero attached hydrogens (tertiary/aromatic N) is 1. The van der Waals surface area contributed by atoms with Gasteiger partial charge < -0.3 is 0 Å². The number of aryl methyl sites for hydroxylation is 2. The van der Waals surface area contributed by atoms with Gasteiger partial charge in [-0.05, 0) is 60.9 Å². The first-order chi connectivity index (χ1) is 12.3. The van der Waals surface area contributed by atoms with E-state index in [0.717, 1.165) is 16.0 Å². The van der Waals surface area contributed by atoms with Crippen molar-refractivity contribution < 1.29 is 14.4 Å². The molecule has 0 unspecified atom stereocenters. The summed E-state index contributed by atoms with van der Waals surface area (Å²) >= 11 is 11.9. The predicted octanol–water partition coefficient (Wildman–Crippen LogP) is 4.28. The van der Waals surface area contributed by atoms with E-state index < -0.39 is 17.8 Å². The number of imide groups is 2. The monoisotopic (exact) mass is 388 g/mol. The van der Waals surface area contributed by atoms with Gasteiger partial charge in [0, 0.05) is 0 Å². The minimum Gasteiger partial charge on any atom is -0.273 e. The van der Waals surface area contributed by atoms with Gasteiger partial charge in [0.2, 0.25) is 0 Å². The number of hydrogen-bond acceptors (Lipinski definition) is 3. The van der Waals surface area contributed by atoms with Crippen molar-refractivity contribution in [3.05, 3.63) is 68.7 Å². The van der Waals surface area contributed by atoms with Gasteiger partial charge in [0.1, 0.15) is 5.57 Å². The smallest absolute Gasteiger partial charge is 0.273 e. The van der Waals surface area contributed by atoms with E-state index >= 15 is 0 Å². The van der Waals surface area contributed by atoms with E-state index in [2.05, 4.69) is 5.32 Å². The molecule has 1 fully saturated rings. The molecule has 7 heteroatoms. The van der Waals surface area contributed by atoms with Crippen LogP contribution in [0.15, 0.2) is 42.0 Å². The van der Waals surface area contributed by atoms with Crippen LogP contribution in [-0.4, -0.2) is 17.8 Å². The second kappa shape index (κ2) is 6.94. The fourth-order valence-corrected chi connectivity index (χ4v) is 3.05. The Morgan fingerprint density at radius 3 is 2.19 bits per heavy atom. The molecule has 0 radical (unpaired) electrons. The quantitative estimate of drug-likeness (QED) is 0.616. The summed E-state index contributed by atoms with van der Waals surface area (Å²) in [6.45, 7) is 3.72. The summed E-state index contributed by atoms with van der Waals surface area (Å²) < 4.78 is 0. The van der Waals surface area contributed by atoms with Crippen LogP contribution in [0.5, 0.6) is 0 Å². The molecule has 4 amide bonds. The summed E-state index contributed by atoms with van der Waals surface area (Å²) in [6.07, 6.45) is 1.38. The highest BCUT2D eigenvalue weighted by atomic mass is 35.5. The van der Waals surface area contributed by atoms with Crippen LogP contribution in [0.2, 0.25) is 10.0 Å². The number of rotatable bonds is 2. The summed E-state index contributed by atoms with van der Waals surface area (Å²) in [4.78, 5) is 38.2. The number of nitrogens with one attached hydrogen (secondary N) is 1. The van der Waals surface area contributed by atoms with Crippen LogP contribution >= 0.6 is 23.2 Å². The van der Waals surface area contributed by atoms with E-state index in [9.17, 15) is 14.4 Å². The molecule has 1 aliphatic heterocycles. The zero-order valence-electron chi connectivity index (χ0n) is 14.0. The van der Waals surface area contributed by atoms with Crippen LogP contribution in [0.1, 0.15) is 16.7 Å². The van der Waals surface area contributed by atoms with Gasteiger partial charge in [-0.3, -0.25) is 14.9 Å². The molecule has 1 heterocycles. The molecule has 2 aromatic carbocycles. The number of benzene rings is 2. The number of amides is 4. The van der Waals surface area contributed by atoms with E-state index in [0.29, 0.717) is 21.3 Å². The summed E-state index contributed by atoms with van der Waals surface area (Å²) in [5.74, 6) is -1.46. The van der Waals surface area contributed by atoms with Crippen molar-refractivity contribution in [2.75, 3.05) is 4.90 Å². The summed E-state index contributed by atoms with van der Waals surface area (Å²) in [5.41, 5.74) is 2.55. The summed E-state index contributed by atoms with van der Waals surface area (Å²) in [7, 11) is 0. The molecule has 0 bridgehead atoms. The maximum atomic E-state index is 12.8. The summed E-state index contributed by atoms with van der Waals surface area (Å²) in [6, 6.07) is 9.28. The highest BCUT2D eigenvalue weighted by Gasteiger charge is 2.36. The maximum Gasteiger partial charge on any atom is 0.335 e. The Labute approximate surface area is 160 Å².